The van der Waals surface area contributed by atoms with Crippen molar-refractivity contribution in [3.05, 3.63) is 47.0 Å². The van der Waals surface area contributed by atoms with Crippen LogP contribution in [0, 0.1) is 0 Å². The first-order chi connectivity index (χ1) is 17.7. The quantitative estimate of drug-likeness (QED) is 0.200. The average molecular weight is 535 g/mol. The van der Waals surface area contributed by atoms with Gasteiger partial charge in [0.05, 0.1) is 18.9 Å². The number of carbonyl (C=O) groups excluding carboxylic acids is 3. The Kier molecular flexibility index (Phi) is 10.8. The van der Waals surface area contributed by atoms with E-state index in [4.69, 9.17) is 14.2 Å². The minimum atomic E-state index is -0.955. The van der Waals surface area contributed by atoms with E-state index < -0.39 is 48.1 Å². The molecule has 4 atom stereocenters. The van der Waals surface area contributed by atoms with Gasteiger partial charge >= 0.3 is 17.9 Å². The summed E-state index contributed by atoms with van der Waals surface area (Å²) in [6.45, 7) is 6.08. The molecular formula is C27H34O11. The van der Waals surface area contributed by atoms with E-state index >= 15 is 0 Å². The van der Waals surface area contributed by atoms with Crippen LogP contribution in [0.25, 0.3) is 0 Å². The van der Waals surface area contributed by atoms with Gasteiger partial charge in [0.2, 0.25) is 0 Å². The number of aliphatic hydroxyl groups is 1. The molecule has 4 unspecified atom stereocenters. The van der Waals surface area contributed by atoms with E-state index in [-0.39, 0.29) is 54.1 Å². The minimum absolute atomic E-state index is 0.0452. The third-order valence-corrected chi connectivity index (χ3v) is 5.27. The van der Waals surface area contributed by atoms with Gasteiger partial charge in [-0.05, 0) is 57.0 Å². The number of ether oxygens (including phenoxy) is 3. The molecule has 0 amide bonds. The second-order valence-corrected chi connectivity index (χ2v) is 9.34. The summed E-state index contributed by atoms with van der Waals surface area (Å²) >= 11 is 0. The molecule has 11 nitrogen and oxygen atoms in total. The lowest BCUT2D eigenvalue weighted by Gasteiger charge is -2.19. The van der Waals surface area contributed by atoms with Crippen molar-refractivity contribution in [2.24, 2.45) is 0 Å². The minimum Gasteiger partial charge on any atom is -0.508 e. The summed E-state index contributed by atoms with van der Waals surface area (Å²) in [6.07, 6.45) is -3.50. The molecule has 0 fully saturated rings. The van der Waals surface area contributed by atoms with Crippen LogP contribution < -0.4 is 0 Å². The first-order valence-electron chi connectivity index (χ1n) is 12.1. The van der Waals surface area contributed by atoms with Crippen molar-refractivity contribution < 1.29 is 54.1 Å². The van der Waals surface area contributed by atoms with E-state index in [2.05, 4.69) is 0 Å². The molecule has 0 bridgehead atoms. The van der Waals surface area contributed by atoms with Gasteiger partial charge in [-0.2, -0.15) is 0 Å². The van der Waals surface area contributed by atoms with E-state index in [1.807, 2.05) is 0 Å². The first-order valence-corrected chi connectivity index (χ1v) is 12.1. The van der Waals surface area contributed by atoms with Gasteiger partial charge in [0.25, 0.3) is 0 Å². The molecule has 0 aliphatic rings. The van der Waals surface area contributed by atoms with Crippen LogP contribution in [0.4, 0.5) is 0 Å². The largest absolute Gasteiger partial charge is 0.508 e. The molecule has 0 aliphatic heterocycles. The van der Waals surface area contributed by atoms with Crippen LogP contribution in [0.1, 0.15) is 62.0 Å². The number of phenols is 4. The molecule has 0 aliphatic carbocycles. The fraction of sp³-hybridized carbons (Fsp3) is 0.444. The number of hydrogen-bond donors (Lipinski definition) is 5. The molecule has 2 aromatic rings. The van der Waals surface area contributed by atoms with Crippen molar-refractivity contribution in [1.82, 2.24) is 0 Å². The predicted octanol–water partition coefficient (Wildman–Crippen LogP) is 2.86. The SMILES string of the molecule is CC(O)CC(=O)OC(C)Cc1cc(O)cc(O)c1C(=O)OC(C)CC(=O)OC(C)Cc1cc(O)cc(O)c1. The fourth-order valence-electron chi connectivity index (χ4n) is 3.87. The molecule has 0 spiro atoms. The highest BCUT2D eigenvalue weighted by molar-refractivity contribution is 5.94. The Balaban J connectivity index is 2.00. The number of aromatic hydroxyl groups is 4. The first kappa shape index (κ1) is 30.2. The van der Waals surface area contributed by atoms with Crippen LogP contribution in [0.5, 0.6) is 23.0 Å². The van der Waals surface area contributed by atoms with Gasteiger partial charge in [0.1, 0.15) is 46.9 Å². The maximum atomic E-state index is 12.9. The molecule has 38 heavy (non-hydrogen) atoms. The molecule has 5 N–H and O–H groups in total. The highest BCUT2D eigenvalue weighted by Crippen LogP contribution is 2.30. The zero-order valence-electron chi connectivity index (χ0n) is 21.7. The van der Waals surface area contributed by atoms with Gasteiger partial charge < -0.3 is 39.7 Å². The van der Waals surface area contributed by atoms with Crippen LogP contribution in [0.15, 0.2) is 30.3 Å². The van der Waals surface area contributed by atoms with E-state index in [1.165, 1.54) is 38.1 Å². The third kappa shape index (κ3) is 9.81. The predicted molar refractivity (Wildman–Crippen MR) is 134 cm³/mol. The molecule has 11 heteroatoms. The normalized spacial score (nSPS) is 14.1. The van der Waals surface area contributed by atoms with Crippen molar-refractivity contribution in [3.63, 3.8) is 0 Å². The number of rotatable bonds is 12. The van der Waals surface area contributed by atoms with Gasteiger partial charge in [-0.25, -0.2) is 4.79 Å². The standard InChI is InChI=1S/C27H34O11/c1-14(28)5-24(33)37-16(3)7-19-11-22(31)13-23(32)26(19)27(35)38-17(4)8-25(34)36-15(2)6-18-9-20(29)12-21(30)10-18/h9-17,28-32H,5-8H2,1-4H3. The Hall–Kier alpha value is -3.99. The van der Waals surface area contributed by atoms with Gasteiger partial charge in [0, 0.05) is 25.0 Å². The van der Waals surface area contributed by atoms with Gasteiger partial charge in [-0.1, -0.05) is 0 Å². The Morgan fingerprint density at radius 3 is 1.79 bits per heavy atom. The summed E-state index contributed by atoms with van der Waals surface area (Å²) in [5, 5.41) is 48.7. The summed E-state index contributed by atoms with van der Waals surface area (Å²) < 4.78 is 15.9. The zero-order chi connectivity index (χ0) is 28.6. The number of phenolic OH excluding ortho intramolecular Hbond substituents is 4. The van der Waals surface area contributed by atoms with E-state index in [1.54, 1.807) is 13.8 Å². The average Bonchev–Trinajstić information content (AvgIpc) is 2.70. The Bertz CT molecular complexity index is 1120. The Morgan fingerprint density at radius 1 is 0.684 bits per heavy atom. The Labute approximate surface area is 220 Å². The second kappa shape index (κ2) is 13.5. The summed E-state index contributed by atoms with van der Waals surface area (Å²) in [5.74, 6) is -3.37. The Morgan fingerprint density at radius 2 is 1.21 bits per heavy atom. The number of hydrogen-bond acceptors (Lipinski definition) is 11. The lowest BCUT2D eigenvalue weighted by atomic mass is 10.00. The maximum Gasteiger partial charge on any atom is 0.342 e. The third-order valence-electron chi connectivity index (χ3n) is 5.27. The van der Waals surface area contributed by atoms with Gasteiger partial charge in [-0.3, -0.25) is 9.59 Å². The number of aliphatic hydroxyl groups excluding tert-OH is 1. The van der Waals surface area contributed by atoms with Crippen molar-refractivity contribution in [1.29, 1.82) is 0 Å². The lowest BCUT2D eigenvalue weighted by molar-refractivity contribution is -0.151. The monoisotopic (exact) mass is 534 g/mol. The van der Waals surface area contributed by atoms with Crippen molar-refractivity contribution in [3.8, 4) is 23.0 Å². The molecule has 0 saturated carbocycles. The summed E-state index contributed by atoms with van der Waals surface area (Å²) in [4.78, 5) is 37.0. The molecular weight excluding hydrogens is 500 g/mol. The maximum absolute atomic E-state index is 12.9. The van der Waals surface area contributed by atoms with Crippen LogP contribution in [0.3, 0.4) is 0 Å². The smallest absolute Gasteiger partial charge is 0.342 e. The molecule has 2 rings (SSSR count). The molecule has 0 aromatic heterocycles. The topological polar surface area (TPSA) is 180 Å². The molecule has 0 saturated heterocycles. The highest BCUT2D eigenvalue weighted by atomic mass is 16.6. The van der Waals surface area contributed by atoms with Crippen molar-refractivity contribution in [2.45, 2.75) is 77.8 Å². The summed E-state index contributed by atoms with van der Waals surface area (Å²) in [6, 6.07) is 6.24. The van der Waals surface area contributed by atoms with Crippen LogP contribution >= 0.6 is 0 Å². The summed E-state index contributed by atoms with van der Waals surface area (Å²) in [5.41, 5.74) is 0.463. The highest BCUT2D eigenvalue weighted by Gasteiger charge is 2.25. The second-order valence-electron chi connectivity index (χ2n) is 9.34. The molecule has 0 radical (unpaired) electrons. The molecule has 0 heterocycles. The van der Waals surface area contributed by atoms with E-state index in [9.17, 15) is 39.9 Å². The van der Waals surface area contributed by atoms with Crippen LogP contribution in [-0.4, -0.2) is 67.9 Å². The zero-order valence-corrected chi connectivity index (χ0v) is 21.7. The van der Waals surface area contributed by atoms with Crippen molar-refractivity contribution >= 4 is 17.9 Å². The number of esters is 3. The van der Waals surface area contributed by atoms with E-state index in [0.717, 1.165) is 6.07 Å². The fourth-order valence-corrected chi connectivity index (χ4v) is 3.87. The van der Waals surface area contributed by atoms with Gasteiger partial charge in [-0.15, -0.1) is 0 Å². The number of carbonyl (C=O) groups is 3. The summed E-state index contributed by atoms with van der Waals surface area (Å²) in [7, 11) is 0. The molecule has 208 valence electrons. The van der Waals surface area contributed by atoms with E-state index in [0.29, 0.717) is 5.56 Å². The number of benzene rings is 2. The van der Waals surface area contributed by atoms with Crippen molar-refractivity contribution in [2.75, 3.05) is 0 Å². The van der Waals surface area contributed by atoms with Crippen LogP contribution in [-0.2, 0) is 36.6 Å². The van der Waals surface area contributed by atoms with Crippen LogP contribution in [0.2, 0.25) is 0 Å². The molecule has 2 aromatic carbocycles. The van der Waals surface area contributed by atoms with Gasteiger partial charge in [0.15, 0.2) is 0 Å². The lowest BCUT2D eigenvalue weighted by Crippen LogP contribution is -2.25.